The summed E-state index contributed by atoms with van der Waals surface area (Å²) in [5, 5.41) is 5.98. The first kappa shape index (κ1) is 25.3. The van der Waals surface area contributed by atoms with Gasteiger partial charge in [0.1, 0.15) is 0 Å². The number of nitrogens with one attached hydrogen (secondary N) is 2. The van der Waals surface area contributed by atoms with Crippen molar-refractivity contribution in [2.45, 2.75) is 32.7 Å². The largest absolute Gasteiger partial charge is 0.493 e. The summed E-state index contributed by atoms with van der Waals surface area (Å²) < 4.78 is 11.2. The van der Waals surface area contributed by atoms with Gasteiger partial charge in [0.25, 0.3) is 0 Å². The minimum atomic E-state index is -0.126. The molecule has 2 amide bonds. The molecule has 2 aromatic carbocycles. The highest BCUT2D eigenvalue weighted by Gasteiger charge is 2.21. The summed E-state index contributed by atoms with van der Waals surface area (Å²) in [4.78, 5) is 26.8. The summed E-state index contributed by atoms with van der Waals surface area (Å²) in [7, 11) is 1.61. The third-order valence-corrected chi connectivity index (χ3v) is 5.55. The number of anilines is 1. The lowest BCUT2D eigenvalue weighted by Gasteiger charge is -2.31. The summed E-state index contributed by atoms with van der Waals surface area (Å²) in [5.74, 6) is 1.62. The number of likely N-dealkylation sites (tertiary alicyclic amines) is 1. The lowest BCUT2D eigenvalue weighted by Crippen LogP contribution is -2.46. The van der Waals surface area contributed by atoms with E-state index in [0.717, 1.165) is 37.2 Å². The van der Waals surface area contributed by atoms with Gasteiger partial charge in [-0.15, -0.1) is 0 Å². The maximum absolute atomic E-state index is 12.4. The third-order valence-electron chi connectivity index (χ3n) is 5.55. The average Bonchev–Trinajstić information content (AvgIpc) is 2.83. The fourth-order valence-electron chi connectivity index (χ4n) is 3.75. The highest BCUT2D eigenvalue weighted by atomic mass is 16.5. The van der Waals surface area contributed by atoms with Crippen molar-refractivity contribution in [3.63, 3.8) is 0 Å². The first-order valence-corrected chi connectivity index (χ1v) is 11.8. The molecule has 7 heteroatoms. The molecule has 1 aliphatic heterocycles. The van der Waals surface area contributed by atoms with Crippen LogP contribution in [0, 0.1) is 5.92 Å². The highest BCUT2D eigenvalue weighted by molar-refractivity contribution is 5.92. The molecule has 1 fully saturated rings. The molecule has 182 valence electrons. The molecule has 0 saturated carbocycles. The lowest BCUT2D eigenvalue weighted by atomic mass is 10.0. The molecule has 0 bridgehead atoms. The predicted molar refractivity (Wildman–Crippen MR) is 135 cm³/mol. The van der Waals surface area contributed by atoms with Crippen LogP contribution in [0.1, 0.15) is 32.3 Å². The average molecular weight is 466 g/mol. The van der Waals surface area contributed by atoms with Gasteiger partial charge in [-0.1, -0.05) is 38.1 Å². The zero-order valence-corrected chi connectivity index (χ0v) is 20.3. The van der Waals surface area contributed by atoms with Crippen LogP contribution in [0.5, 0.6) is 11.5 Å². The van der Waals surface area contributed by atoms with Gasteiger partial charge in [-0.3, -0.25) is 14.5 Å². The Morgan fingerprint density at radius 2 is 1.82 bits per heavy atom. The van der Waals surface area contributed by atoms with Gasteiger partial charge in [-0.05, 0) is 54.7 Å². The fraction of sp³-hybridized carbons (Fsp3) is 0.407. The van der Waals surface area contributed by atoms with E-state index in [1.165, 1.54) is 0 Å². The Hall–Kier alpha value is -3.32. The monoisotopic (exact) mass is 465 g/mol. The molecule has 0 aromatic heterocycles. The van der Waals surface area contributed by atoms with Crippen molar-refractivity contribution >= 4 is 23.6 Å². The van der Waals surface area contributed by atoms with Crippen LogP contribution in [-0.4, -0.2) is 56.1 Å². The van der Waals surface area contributed by atoms with Crippen molar-refractivity contribution in [1.82, 2.24) is 10.2 Å². The Bertz CT molecular complexity index is 967. The van der Waals surface area contributed by atoms with E-state index in [-0.39, 0.29) is 17.9 Å². The molecule has 2 aromatic rings. The molecule has 0 spiro atoms. The van der Waals surface area contributed by atoms with E-state index in [0.29, 0.717) is 30.6 Å². The van der Waals surface area contributed by atoms with Gasteiger partial charge >= 0.3 is 0 Å². The Kier molecular flexibility index (Phi) is 9.52. The number of ether oxygens (including phenoxy) is 2. The third kappa shape index (κ3) is 8.23. The quantitative estimate of drug-likeness (QED) is 0.519. The van der Waals surface area contributed by atoms with E-state index in [9.17, 15) is 9.59 Å². The standard InChI is InChI=1S/C27H35N3O4/c1-20(2)19-34-24-11-9-21(17-25(24)33-3)10-12-26(31)28-23-13-15-30(16-14-23)18-27(32)29-22-7-5-4-6-8-22/h4-12,17,20,23H,13-16,18-19H2,1-3H3,(H,28,31)(H,29,32)/b12-10+. The smallest absolute Gasteiger partial charge is 0.244 e. The topological polar surface area (TPSA) is 79.9 Å². The van der Waals surface area contributed by atoms with Gasteiger partial charge in [-0.2, -0.15) is 0 Å². The van der Waals surface area contributed by atoms with Gasteiger partial charge in [-0.25, -0.2) is 0 Å². The van der Waals surface area contributed by atoms with Crippen molar-refractivity contribution in [3.8, 4) is 11.5 Å². The molecule has 0 aliphatic carbocycles. The molecule has 0 atom stereocenters. The number of amides is 2. The number of hydrogen-bond donors (Lipinski definition) is 2. The summed E-state index contributed by atoms with van der Waals surface area (Å²) in [6.07, 6.45) is 4.94. The van der Waals surface area contributed by atoms with Crippen molar-refractivity contribution in [2.75, 3.05) is 38.7 Å². The van der Waals surface area contributed by atoms with Gasteiger partial charge < -0.3 is 20.1 Å². The van der Waals surface area contributed by atoms with Gasteiger partial charge in [0.2, 0.25) is 11.8 Å². The van der Waals surface area contributed by atoms with Crippen LogP contribution in [-0.2, 0) is 9.59 Å². The van der Waals surface area contributed by atoms with Crippen LogP contribution in [0.15, 0.2) is 54.6 Å². The normalized spacial score (nSPS) is 14.8. The second-order valence-corrected chi connectivity index (χ2v) is 8.92. The van der Waals surface area contributed by atoms with Crippen molar-refractivity contribution in [2.24, 2.45) is 5.92 Å². The zero-order chi connectivity index (χ0) is 24.3. The van der Waals surface area contributed by atoms with Crippen LogP contribution in [0.2, 0.25) is 0 Å². The first-order chi connectivity index (χ1) is 16.4. The molecule has 2 N–H and O–H groups in total. The van der Waals surface area contributed by atoms with Crippen molar-refractivity contribution in [1.29, 1.82) is 0 Å². The molecule has 1 aliphatic rings. The van der Waals surface area contributed by atoms with Crippen LogP contribution >= 0.6 is 0 Å². The van der Waals surface area contributed by atoms with Crippen LogP contribution < -0.4 is 20.1 Å². The Morgan fingerprint density at radius 3 is 2.50 bits per heavy atom. The number of carbonyl (C=O) groups excluding carboxylic acids is 2. The minimum Gasteiger partial charge on any atom is -0.493 e. The number of hydrogen-bond acceptors (Lipinski definition) is 5. The number of benzene rings is 2. The molecule has 3 rings (SSSR count). The van der Waals surface area contributed by atoms with E-state index < -0.39 is 0 Å². The first-order valence-electron chi connectivity index (χ1n) is 11.8. The number of piperidine rings is 1. The van der Waals surface area contributed by atoms with Gasteiger partial charge in [0.15, 0.2) is 11.5 Å². The van der Waals surface area contributed by atoms with Crippen LogP contribution in [0.4, 0.5) is 5.69 Å². The number of rotatable bonds is 10. The second kappa shape index (κ2) is 12.8. The molecular weight excluding hydrogens is 430 g/mol. The number of carbonyl (C=O) groups is 2. The van der Waals surface area contributed by atoms with E-state index in [1.807, 2.05) is 48.5 Å². The summed E-state index contributed by atoms with van der Waals surface area (Å²) in [6.45, 7) is 6.69. The Balaban J connectivity index is 1.42. The second-order valence-electron chi connectivity index (χ2n) is 8.92. The molecule has 1 saturated heterocycles. The van der Waals surface area contributed by atoms with Crippen LogP contribution in [0.25, 0.3) is 6.08 Å². The molecule has 0 radical (unpaired) electrons. The molecule has 0 unspecified atom stereocenters. The van der Waals surface area contributed by atoms with E-state index in [1.54, 1.807) is 19.3 Å². The zero-order valence-electron chi connectivity index (χ0n) is 20.3. The lowest BCUT2D eigenvalue weighted by molar-refractivity contribution is -0.119. The Labute approximate surface area is 202 Å². The molecular formula is C27H35N3O4. The SMILES string of the molecule is COc1cc(/C=C/C(=O)NC2CCN(CC(=O)Nc3ccccc3)CC2)ccc1OCC(C)C. The maximum atomic E-state index is 12.4. The van der Waals surface area contributed by atoms with Gasteiger partial charge in [0.05, 0.1) is 20.3 Å². The van der Waals surface area contributed by atoms with E-state index >= 15 is 0 Å². The Morgan fingerprint density at radius 1 is 1.09 bits per heavy atom. The molecule has 34 heavy (non-hydrogen) atoms. The van der Waals surface area contributed by atoms with Gasteiger partial charge in [0, 0.05) is 30.9 Å². The number of nitrogens with zero attached hydrogens (tertiary/aromatic N) is 1. The van der Waals surface area contributed by atoms with E-state index in [2.05, 4.69) is 29.4 Å². The predicted octanol–water partition coefficient (Wildman–Crippen LogP) is 3.96. The van der Waals surface area contributed by atoms with Crippen molar-refractivity contribution in [3.05, 3.63) is 60.2 Å². The maximum Gasteiger partial charge on any atom is 0.244 e. The minimum absolute atomic E-state index is 0.0207. The fourth-order valence-corrected chi connectivity index (χ4v) is 3.75. The summed E-state index contributed by atoms with van der Waals surface area (Å²) in [5.41, 5.74) is 1.67. The van der Waals surface area contributed by atoms with Crippen LogP contribution in [0.3, 0.4) is 0 Å². The number of methoxy groups -OCH3 is 1. The highest BCUT2D eigenvalue weighted by Crippen LogP contribution is 2.29. The number of para-hydroxylation sites is 1. The molecule has 1 heterocycles. The van der Waals surface area contributed by atoms with E-state index in [4.69, 9.17) is 9.47 Å². The molecule has 7 nitrogen and oxygen atoms in total. The summed E-state index contributed by atoms with van der Waals surface area (Å²) in [6, 6.07) is 15.2. The summed E-state index contributed by atoms with van der Waals surface area (Å²) >= 11 is 0. The van der Waals surface area contributed by atoms with Crippen molar-refractivity contribution < 1.29 is 19.1 Å².